The summed E-state index contributed by atoms with van der Waals surface area (Å²) >= 11 is 0. The van der Waals surface area contributed by atoms with Crippen LogP contribution in [0.3, 0.4) is 0 Å². The van der Waals surface area contributed by atoms with E-state index in [0.717, 1.165) is 22.7 Å². The van der Waals surface area contributed by atoms with Gasteiger partial charge in [-0.3, -0.25) is 0 Å². The highest BCUT2D eigenvalue weighted by Crippen LogP contribution is 2.16. The van der Waals surface area contributed by atoms with Crippen LogP contribution < -0.4 is 0 Å². The standard InChI is InChI=1S/C12H10N4/c1-9-14-12-7-11(13-8-16(12)15-9)10-5-3-2-4-6-10/h2-8H,1H3. The monoisotopic (exact) mass is 210 g/mol. The van der Waals surface area contributed by atoms with Crippen molar-refractivity contribution in [3.8, 4) is 11.3 Å². The lowest BCUT2D eigenvalue weighted by atomic mass is 10.1. The summed E-state index contributed by atoms with van der Waals surface area (Å²) in [7, 11) is 0. The highest BCUT2D eigenvalue weighted by atomic mass is 15.3. The quantitative estimate of drug-likeness (QED) is 0.617. The molecule has 2 heterocycles. The molecule has 0 spiro atoms. The van der Waals surface area contributed by atoms with Crippen LogP contribution in [0.2, 0.25) is 0 Å². The Kier molecular flexibility index (Phi) is 1.93. The summed E-state index contributed by atoms with van der Waals surface area (Å²) in [5.41, 5.74) is 2.83. The number of rotatable bonds is 1. The molecule has 16 heavy (non-hydrogen) atoms. The molecule has 1 aromatic carbocycles. The van der Waals surface area contributed by atoms with E-state index in [1.165, 1.54) is 0 Å². The first-order valence-electron chi connectivity index (χ1n) is 5.07. The van der Waals surface area contributed by atoms with E-state index in [9.17, 15) is 0 Å². The van der Waals surface area contributed by atoms with E-state index in [4.69, 9.17) is 0 Å². The molecule has 0 amide bonds. The molecular weight excluding hydrogens is 200 g/mol. The van der Waals surface area contributed by atoms with Gasteiger partial charge in [-0.2, -0.15) is 5.10 Å². The van der Waals surface area contributed by atoms with Crippen LogP contribution in [0, 0.1) is 6.92 Å². The predicted molar refractivity (Wildman–Crippen MR) is 61.0 cm³/mol. The van der Waals surface area contributed by atoms with E-state index < -0.39 is 0 Å². The zero-order chi connectivity index (χ0) is 11.0. The molecule has 0 bridgehead atoms. The first kappa shape index (κ1) is 9.03. The minimum Gasteiger partial charge on any atom is -0.236 e. The summed E-state index contributed by atoms with van der Waals surface area (Å²) in [5, 5.41) is 4.19. The van der Waals surface area contributed by atoms with Crippen molar-refractivity contribution in [3.05, 3.63) is 48.5 Å². The van der Waals surface area contributed by atoms with Gasteiger partial charge in [0.25, 0.3) is 0 Å². The van der Waals surface area contributed by atoms with E-state index in [-0.39, 0.29) is 0 Å². The van der Waals surface area contributed by atoms with Crippen molar-refractivity contribution in [2.45, 2.75) is 6.92 Å². The molecule has 3 rings (SSSR count). The highest BCUT2D eigenvalue weighted by molar-refractivity contribution is 5.62. The maximum absolute atomic E-state index is 4.35. The van der Waals surface area contributed by atoms with Crippen molar-refractivity contribution in [1.29, 1.82) is 0 Å². The SMILES string of the molecule is Cc1nc2cc(-c3ccccc3)ncn2n1. The van der Waals surface area contributed by atoms with E-state index >= 15 is 0 Å². The van der Waals surface area contributed by atoms with E-state index in [2.05, 4.69) is 15.1 Å². The van der Waals surface area contributed by atoms with Crippen LogP contribution in [0.4, 0.5) is 0 Å². The van der Waals surface area contributed by atoms with Gasteiger partial charge in [-0.15, -0.1) is 0 Å². The Bertz CT molecular complexity index is 628. The molecule has 0 fully saturated rings. The fourth-order valence-electron chi connectivity index (χ4n) is 1.67. The third kappa shape index (κ3) is 1.44. The minimum atomic E-state index is 0.756. The molecule has 0 radical (unpaired) electrons. The van der Waals surface area contributed by atoms with E-state index in [1.54, 1.807) is 10.8 Å². The first-order valence-corrected chi connectivity index (χ1v) is 5.07. The Morgan fingerprint density at radius 2 is 1.94 bits per heavy atom. The normalized spacial score (nSPS) is 10.8. The maximum atomic E-state index is 4.35. The Hall–Kier alpha value is -2.23. The van der Waals surface area contributed by atoms with Gasteiger partial charge in [0.15, 0.2) is 5.65 Å². The predicted octanol–water partition coefficient (Wildman–Crippen LogP) is 2.10. The fourth-order valence-corrected chi connectivity index (χ4v) is 1.67. The largest absolute Gasteiger partial charge is 0.236 e. The molecule has 4 nitrogen and oxygen atoms in total. The molecule has 0 atom stereocenters. The lowest BCUT2D eigenvalue weighted by Crippen LogP contribution is -1.91. The second kappa shape index (κ2) is 3.41. The van der Waals surface area contributed by atoms with Gasteiger partial charge in [0.1, 0.15) is 12.2 Å². The van der Waals surface area contributed by atoms with Gasteiger partial charge < -0.3 is 0 Å². The van der Waals surface area contributed by atoms with E-state index in [1.807, 2.05) is 43.3 Å². The molecule has 0 N–H and O–H groups in total. The molecular formula is C12H10N4. The Morgan fingerprint density at radius 1 is 1.12 bits per heavy atom. The third-order valence-electron chi connectivity index (χ3n) is 2.41. The van der Waals surface area contributed by atoms with Crippen molar-refractivity contribution in [1.82, 2.24) is 19.6 Å². The molecule has 78 valence electrons. The van der Waals surface area contributed by atoms with Crippen LogP contribution in [-0.2, 0) is 0 Å². The molecule has 0 aliphatic rings. The zero-order valence-electron chi connectivity index (χ0n) is 8.83. The molecule has 4 heteroatoms. The van der Waals surface area contributed by atoms with Crippen LogP contribution in [0.15, 0.2) is 42.7 Å². The van der Waals surface area contributed by atoms with E-state index in [0.29, 0.717) is 0 Å². The van der Waals surface area contributed by atoms with Gasteiger partial charge in [0.05, 0.1) is 5.69 Å². The molecule has 0 aliphatic heterocycles. The number of hydrogen-bond donors (Lipinski definition) is 0. The van der Waals surface area contributed by atoms with Crippen LogP contribution in [0.25, 0.3) is 16.9 Å². The second-order valence-corrected chi connectivity index (χ2v) is 3.60. The number of benzene rings is 1. The second-order valence-electron chi connectivity index (χ2n) is 3.60. The summed E-state index contributed by atoms with van der Waals surface area (Å²) < 4.78 is 1.68. The van der Waals surface area contributed by atoms with Gasteiger partial charge in [0, 0.05) is 11.6 Å². The molecule has 0 saturated heterocycles. The third-order valence-corrected chi connectivity index (χ3v) is 2.41. The number of hydrogen-bond acceptors (Lipinski definition) is 3. The molecule has 3 aromatic rings. The molecule has 2 aromatic heterocycles. The van der Waals surface area contributed by atoms with Gasteiger partial charge in [-0.25, -0.2) is 14.5 Å². The number of aryl methyl sites for hydroxylation is 1. The Balaban J connectivity index is 2.18. The van der Waals surface area contributed by atoms with Crippen LogP contribution in [0.5, 0.6) is 0 Å². The smallest absolute Gasteiger partial charge is 0.159 e. The van der Waals surface area contributed by atoms with Crippen molar-refractivity contribution in [2.24, 2.45) is 0 Å². The summed E-state index contributed by atoms with van der Waals surface area (Å²) in [6.45, 7) is 1.87. The lowest BCUT2D eigenvalue weighted by Gasteiger charge is -1.99. The minimum absolute atomic E-state index is 0.756. The fraction of sp³-hybridized carbons (Fsp3) is 0.0833. The Morgan fingerprint density at radius 3 is 2.75 bits per heavy atom. The molecule has 0 saturated carbocycles. The summed E-state index contributed by atoms with van der Waals surface area (Å²) in [5.74, 6) is 0.756. The van der Waals surface area contributed by atoms with Gasteiger partial charge in [-0.1, -0.05) is 30.3 Å². The summed E-state index contributed by atoms with van der Waals surface area (Å²) in [6, 6.07) is 12.0. The highest BCUT2D eigenvalue weighted by Gasteiger charge is 2.03. The lowest BCUT2D eigenvalue weighted by molar-refractivity contribution is 0.901. The van der Waals surface area contributed by atoms with Crippen molar-refractivity contribution >= 4 is 5.65 Å². The molecule has 0 aliphatic carbocycles. The summed E-state index contributed by atoms with van der Waals surface area (Å²) in [4.78, 5) is 8.66. The topological polar surface area (TPSA) is 43.1 Å². The maximum Gasteiger partial charge on any atom is 0.159 e. The Labute approximate surface area is 92.6 Å². The number of aromatic nitrogens is 4. The average molecular weight is 210 g/mol. The van der Waals surface area contributed by atoms with Crippen molar-refractivity contribution in [3.63, 3.8) is 0 Å². The van der Waals surface area contributed by atoms with Crippen molar-refractivity contribution in [2.75, 3.05) is 0 Å². The van der Waals surface area contributed by atoms with Gasteiger partial charge in [0.2, 0.25) is 0 Å². The number of nitrogens with zero attached hydrogens (tertiary/aromatic N) is 4. The zero-order valence-corrected chi connectivity index (χ0v) is 8.83. The number of fused-ring (bicyclic) bond motifs is 1. The molecule has 0 unspecified atom stereocenters. The van der Waals surface area contributed by atoms with Crippen LogP contribution in [0.1, 0.15) is 5.82 Å². The first-order chi connectivity index (χ1) is 7.83. The average Bonchev–Trinajstić information content (AvgIpc) is 2.69. The van der Waals surface area contributed by atoms with Crippen LogP contribution >= 0.6 is 0 Å². The van der Waals surface area contributed by atoms with Crippen LogP contribution in [-0.4, -0.2) is 19.6 Å². The van der Waals surface area contributed by atoms with Crippen molar-refractivity contribution < 1.29 is 0 Å². The summed E-state index contributed by atoms with van der Waals surface area (Å²) in [6.07, 6.45) is 1.69. The van der Waals surface area contributed by atoms with Gasteiger partial charge >= 0.3 is 0 Å². The van der Waals surface area contributed by atoms with Gasteiger partial charge in [-0.05, 0) is 6.92 Å².